The maximum absolute atomic E-state index is 12.1. The Kier molecular flexibility index (Phi) is 5.40. The number of rotatable bonds is 6. The molecular weight excluding hydrogens is 290 g/mol. The van der Waals surface area contributed by atoms with Gasteiger partial charge in [-0.1, -0.05) is 29.8 Å². The number of hydrogen-bond acceptors (Lipinski definition) is 2. The SMILES string of the molecule is CC(C)(NC(=O)CCc1ccccc1Cl)C(C)(C)C(=O)O. The van der Waals surface area contributed by atoms with Crippen LogP contribution in [0.3, 0.4) is 0 Å². The lowest BCUT2D eigenvalue weighted by Gasteiger charge is -2.38. The van der Waals surface area contributed by atoms with E-state index in [1.807, 2.05) is 18.2 Å². The van der Waals surface area contributed by atoms with Crippen LogP contribution in [0, 0.1) is 5.41 Å². The summed E-state index contributed by atoms with van der Waals surface area (Å²) in [6.07, 6.45) is 0.790. The molecule has 1 aromatic rings. The van der Waals surface area contributed by atoms with Gasteiger partial charge in [0, 0.05) is 17.0 Å². The molecule has 0 aliphatic carbocycles. The molecule has 0 saturated carbocycles. The molecule has 0 aromatic heterocycles. The molecule has 0 heterocycles. The summed E-state index contributed by atoms with van der Waals surface area (Å²) in [6.45, 7) is 6.64. The van der Waals surface area contributed by atoms with E-state index in [4.69, 9.17) is 11.6 Å². The zero-order valence-electron chi connectivity index (χ0n) is 12.9. The van der Waals surface area contributed by atoms with Crippen LogP contribution in [0.5, 0.6) is 0 Å². The van der Waals surface area contributed by atoms with E-state index in [9.17, 15) is 14.7 Å². The van der Waals surface area contributed by atoms with E-state index in [1.165, 1.54) is 0 Å². The molecular formula is C16H22ClNO3. The normalized spacial score (nSPS) is 12.0. The van der Waals surface area contributed by atoms with Gasteiger partial charge in [-0.25, -0.2) is 0 Å². The molecule has 116 valence electrons. The van der Waals surface area contributed by atoms with Crippen LogP contribution in [-0.2, 0) is 16.0 Å². The van der Waals surface area contributed by atoms with Crippen molar-refractivity contribution < 1.29 is 14.7 Å². The Hall–Kier alpha value is -1.55. The van der Waals surface area contributed by atoms with E-state index in [1.54, 1.807) is 33.8 Å². The first-order valence-electron chi connectivity index (χ1n) is 6.86. The summed E-state index contributed by atoms with van der Waals surface area (Å²) in [4.78, 5) is 23.4. The lowest BCUT2D eigenvalue weighted by molar-refractivity contribution is -0.151. The lowest BCUT2D eigenvalue weighted by atomic mass is 9.74. The minimum Gasteiger partial charge on any atom is -0.481 e. The minimum absolute atomic E-state index is 0.186. The van der Waals surface area contributed by atoms with E-state index in [-0.39, 0.29) is 12.3 Å². The molecule has 0 fully saturated rings. The van der Waals surface area contributed by atoms with Crippen LogP contribution in [0.25, 0.3) is 0 Å². The zero-order valence-corrected chi connectivity index (χ0v) is 13.6. The Morgan fingerprint density at radius 3 is 2.29 bits per heavy atom. The average molecular weight is 312 g/mol. The number of amides is 1. The summed E-state index contributed by atoms with van der Waals surface area (Å²) in [6, 6.07) is 7.37. The molecule has 1 amide bonds. The first-order chi connectivity index (χ1) is 9.58. The Bertz CT molecular complexity index is 538. The van der Waals surface area contributed by atoms with Crippen LogP contribution in [0.4, 0.5) is 0 Å². The number of nitrogens with one attached hydrogen (secondary N) is 1. The van der Waals surface area contributed by atoms with E-state index in [0.717, 1.165) is 5.56 Å². The number of aliphatic carboxylic acids is 1. The molecule has 1 aromatic carbocycles. The number of benzene rings is 1. The van der Waals surface area contributed by atoms with Crippen molar-refractivity contribution in [1.29, 1.82) is 0 Å². The van der Waals surface area contributed by atoms with Crippen LogP contribution in [0.15, 0.2) is 24.3 Å². The van der Waals surface area contributed by atoms with Crippen LogP contribution >= 0.6 is 11.6 Å². The quantitative estimate of drug-likeness (QED) is 0.847. The van der Waals surface area contributed by atoms with Crippen molar-refractivity contribution in [3.05, 3.63) is 34.9 Å². The van der Waals surface area contributed by atoms with Crippen LogP contribution in [-0.4, -0.2) is 22.5 Å². The highest BCUT2D eigenvalue weighted by molar-refractivity contribution is 6.31. The molecule has 0 radical (unpaired) electrons. The first kappa shape index (κ1) is 17.5. The van der Waals surface area contributed by atoms with E-state index < -0.39 is 16.9 Å². The fraction of sp³-hybridized carbons (Fsp3) is 0.500. The Labute approximate surface area is 130 Å². The highest BCUT2D eigenvalue weighted by Gasteiger charge is 2.44. The molecule has 5 heteroatoms. The zero-order chi connectivity index (χ0) is 16.3. The highest BCUT2D eigenvalue weighted by Crippen LogP contribution is 2.30. The van der Waals surface area contributed by atoms with Gasteiger partial charge in [-0.05, 0) is 45.7 Å². The number of carboxylic acid groups (broad SMARTS) is 1. The maximum Gasteiger partial charge on any atom is 0.311 e. The molecule has 0 aliphatic rings. The van der Waals surface area contributed by atoms with Gasteiger partial charge in [0.05, 0.1) is 5.41 Å². The monoisotopic (exact) mass is 311 g/mol. The van der Waals surface area contributed by atoms with Crippen molar-refractivity contribution >= 4 is 23.5 Å². The predicted molar refractivity (Wildman–Crippen MR) is 83.4 cm³/mol. The van der Waals surface area contributed by atoms with Crippen molar-refractivity contribution in [3.8, 4) is 0 Å². The number of carbonyl (C=O) groups excluding carboxylic acids is 1. The number of halogens is 1. The second-order valence-electron chi connectivity index (χ2n) is 6.19. The van der Waals surface area contributed by atoms with Crippen molar-refractivity contribution in [2.45, 2.75) is 46.1 Å². The largest absolute Gasteiger partial charge is 0.481 e. The van der Waals surface area contributed by atoms with Crippen LogP contribution in [0.1, 0.15) is 39.7 Å². The molecule has 0 bridgehead atoms. The van der Waals surface area contributed by atoms with E-state index in [2.05, 4.69) is 5.32 Å². The van der Waals surface area contributed by atoms with Gasteiger partial charge < -0.3 is 10.4 Å². The molecule has 0 saturated heterocycles. The van der Waals surface area contributed by atoms with E-state index >= 15 is 0 Å². The van der Waals surface area contributed by atoms with Gasteiger partial charge in [-0.2, -0.15) is 0 Å². The summed E-state index contributed by atoms with van der Waals surface area (Å²) >= 11 is 6.05. The first-order valence-corrected chi connectivity index (χ1v) is 7.23. The van der Waals surface area contributed by atoms with Gasteiger partial charge in [0.25, 0.3) is 0 Å². The second-order valence-corrected chi connectivity index (χ2v) is 6.60. The van der Waals surface area contributed by atoms with Crippen molar-refractivity contribution in [2.24, 2.45) is 5.41 Å². The minimum atomic E-state index is -1.06. The molecule has 0 atom stereocenters. The summed E-state index contributed by atoms with van der Waals surface area (Å²) in [7, 11) is 0. The third kappa shape index (κ3) is 4.21. The number of aryl methyl sites for hydroxylation is 1. The molecule has 1 rings (SSSR count). The summed E-state index contributed by atoms with van der Waals surface area (Å²) < 4.78 is 0. The third-order valence-corrected chi connectivity index (χ3v) is 4.50. The highest BCUT2D eigenvalue weighted by atomic mass is 35.5. The summed E-state index contributed by atoms with van der Waals surface area (Å²) in [5.41, 5.74) is -1.01. The van der Waals surface area contributed by atoms with Crippen molar-refractivity contribution in [1.82, 2.24) is 5.32 Å². The Balaban J connectivity index is 2.66. The molecule has 0 spiro atoms. The topological polar surface area (TPSA) is 66.4 Å². The third-order valence-electron chi connectivity index (χ3n) is 4.13. The van der Waals surface area contributed by atoms with Crippen molar-refractivity contribution in [2.75, 3.05) is 0 Å². The maximum atomic E-state index is 12.1. The molecule has 0 unspecified atom stereocenters. The van der Waals surface area contributed by atoms with Gasteiger partial charge in [0.2, 0.25) is 5.91 Å². The number of carboxylic acids is 1. The number of hydrogen-bond donors (Lipinski definition) is 2. The van der Waals surface area contributed by atoms with Crippen molar-refractivity contribution in [3.63, 3.8) is 0 Å². The summed E-state index contributed by atoms with van der Waals surface area (Å²) in [5, 5.41) is 12.7. The van der Waals surface area contributed by atoms with Gasteiger partial charge in [0.15, 0.2) is 0 Å². The fourth-order valence-corrected chi connectivity index (χ4v) is 2.01. The van der Waals surface area contributed by atoms with Gasteiger partial charge in [-0.3, -0.25) is 9.59 Å². The molecule has 0 aliphatic heterocycles. The molecule has 4 nitrogen and oxygen atoms in total. The average Bonchev–Trinajstić information content (AvgIpc) is 2.36. The fourth-order valence-electron chi connectivity index (χ4n) is 1.78. The molecule has 2 N–H and O–H groups in total. The standard InChI is InChI=1S/C16H22ClNO3/c1-15(2,14(20)21)16(3,4)18-13(19)10-9-11-7-5-6-8-12(11)17/h5-8H,9-10H2,1-4H3,(H,18,19)(H,20,21). The Morgan fingerprint density at radius 2 is 1.76 bits per heavy atom. The van der Waals surface area contributed by atoms with Gasteiger partial charge >= 0.3 is 5.97 Å². The second kappa shape index (κ2) is 6.48. The van der Waals surface area contributed by atoms with Gasteiger partial charge in [-0.15, -0.1) is 0 Å². The van der Waals surface area contributed by atoms with E-state index in [0.29, 0.717) is 11.4 Å². The number of carbonyl (C=O) groups is 2. The Morgan fingerprint density at radius 1 is 1.19 bits per heavy atom. The van der Waals surface area contributed by atoms with Gasteiger partial charge in [0.1, 0.15) is 0 Å². The van der Waals surface area contributed by atoms with Crippen LogP contribution in [0.2, 0.25) is 5.02 Å². The predicted octanol–water partition coefficient (Wildman–Crippen LogP) is 3.28. The lowest BCUT2D eigenvalue weighted by Crippen LogP contribution is -2.57. The molecule has 21 heavy (non-hydrogen) atoms. The smallest absolute Gasteiger partial charge is 0.311 e. The van der Waals surface area contributed by atoms with Crippen LogP contribution < -0.4 is 5.32 Å². The summed E-state index contributed by atoms with van der Waals surface area (Å²) in [5.74, 6) is -1.13.